The largest absolute Gasteiger partial charge is 0.481 e. The summed E-state index contributed by atoms with van der Waals surface area (Å²) in [5.41, 5.74) is 1.93. The zero-order valence-electron chi connectivity index (χ0n) is 13.9. The number of halogens is 1. The smallest absolute Gasteiger partial charge is 0.258 e. The molecule has 0 unspecified atom stereocenters. The highest BCUT2D eigenvalue weighted by Crippen LogP contribution is 2.22. The molecule has 0 saturated carbocycles. The first-order chi connectivity index (χ1) is 12.0. The van der Waals surface area contributed by atoms with Gasteiger partial charge in [-0.25, -0.2) is 4.39 Å². The van der Waals surface area contributed by atoms with E-state index in [0.29, 0.717) is 6.54 Å². The van der Waals surface area contributed by atoms with Crippen LogP contribution in [-0.2, 0) is 9.59 Å². The maximum Gasteiger partial charge on any atom is 0.258 e. The normalized spacial score (nSPS) is 16.8. The van der Waals surface area contributed by atoms with Crippen molar-refractivity contribution in [2.45, 2.75) is 19.4 Å². The van der Waals surface area contributed by atoms with E-state index in [-0.39, 0.29) is 36.6 Å². The lowest BCUT2D eigenvalue weighted by atomic mass is 10.2. The van der Waals surface area contributed by atoms with E-state index < -0.39 is 5.82 Å². The van der Waals surface area contributed by atoms with Crippen LogP contribution in [0.4, 0.5) is 10.1 Å². The van der Waals surface area contributed by atoms with Gasteiger partial charge in [-0.1, -0.05) is 29.8 Å². The number of rotatable bonds is 5. The van der Waals surface area contributed by atoms with Crippen molar-refractivity contribution in [1.82, 2.24) is 5.32 Å². The maximum absolute atomic E-state index is 13.5. The molecule has 0 radical (unpaired) electrons. The quantitative estimate of drug-likeness (QED) is 0.908. The van der Waals surface area contributed by atoms with Crippen molar-refractivity contribution in [3.05, 3.63) is 59.9 Å². The standard InChI is InChI=1S/C19H19FN2O3/c1-13-6-8-15(9-7-13)22-11-14(10-19(22)24)21-18(23)12-25-17-5-3-2-4-16(17)20/h2-9,14H,10-12H2,1H3,(H,21,23)/t14-/m0/s1. The van der Waals surface area contributed by atoms with Gasteiger partial charge in [0.05, 0.1) is 6.04 Å². The van der Waals surface area contributed by atoms with E-state index in [1.165, 1.54) is 12.1 Å². The number of ether oxygens (including phenoxy) is 1. The van der Waals surface area contributed by atoms with Crippen molar-refractivity contribution < 1.29 is 18.7 Å². The highest BCUT2D eigenvalue weighted by Gasteiger charge is 2.31. The van der Waals surface area contributed by atoms with Crippen LogP contribution in [0.15, 0.2) is 48.5 Å². The van der Waals surface area contributed by atoms with Crippen molar-refractivity contribution in [2.75, 3.05) is 18.1 Å². The third kappa shape index (κ3) is 4.15. The second-order valence-corrected chi connectivity index (χ2v) is 6.03. The van der Waals surface area contributed by atoms with Crippen molar-refractivity contribution in [3.8, 4) is 5.75 Å². The van der Waals surface area contributed by atoms with Gasteiger partial charge in [-0.05, 0) is 31.2 Å². The summed E-state index contributed by atoms with van der Waals surface area (Å²) in [4.78, 5) is 25.8. The number of para-hydroxylation sites is 1. The average Bonchev–Trinajstić information content (AvgIpc) is 2.95. The lowest BCUT2D eigenvalue weighted by Gasteiger charge is -2.17. The molecule has 1 N–H and O–H groups in total. The highest BCUT2D eigenvalue weighted by atomic mass is 19.1. The molecule has 25 heavy (non-hydrogen) atoms. The van der Waals surface area contributed by atoms with Gasteiger partial charge >= 0.3 is 0 Å². The lowest BCUT2D eigenvalue weighted by molar-refractivity contribution is -0.123. The molecule has 2 amide bonds. The Balaban J connectivity index is 1.53. The van der Waals surface area contributed by atoms with Gasteiger partial charge in [0.1, 0.15) is 0 Å². The molecule has 1 atom stereocenters. The fourth-order valence-corrected chi connectivity index (χ4v) is 2.75. The predicted molar refractivity (Wildman–Crippen MR) is 92.0 cm³/mol. The predicted octanol–water partition coefficient (Wildman–Crippen LogP) is 2.43. The molecule has 0 aromatic heterocycles. The lowest BCUT2D eigenvalue weighted by Crippen LogP contribution is -2.39. The zero-order chi connectivity index (χ0) is 17.8. The maximum atomic E-state index is 13.5. The Kier molecular flexibility index (Phi) is 4.97. The first-order valence-electron chi connectivity index (χ1n) is 8.06. The van der Waals surface area contributed by atoms with Crippen molar-refractivity contribution in [1.29, 1.82) is 0 Å². The van der Waals surface area contributed by atoms with Gasteiger partial charge in [0, 0.05) is 18.7 Å². The van der Waals surface area contributed by atoms with Crippen LogP contribution >= 0.6 is 0 Å². The topological polar surface area (TPSA) is 58.6 Å². The van der Waals surface area contributed by atoms with E-state index in [4.69, 9.17) is 4.74 Å². The number of benzene rings is 2. The van der Waals surface area contributed by atoms with E-state index in [1.54, 1.807) is 17.0 Å². The number of carbonyl (C=O) groups is 2. The van der Waals surface area contributed by atoms with Crippen molar-refractivity contribution >= 4 is 17.5 Å². The van der Waals surface area contributed by atoms with E-state index in [1.807, 2.05) is 31.2 Å². The minimum atomic E-state index is -0.517. The molecular weight excluding hydrogens is 323 g/mol. The first kappa shape index (κ1) is 17.0. The Morgan fingerprint density at radius 1 is 1.24 bits per heavy atom. The SMILES string of the molecule is Cc1ccc(N2C[C@@H](NC(=O)COc3ccccc3F)CC2=O)cc1. The zero-order valence-corrected chi connectivity index (χ0v) is 13.9. The van der Waals surface area contributed by atoms with Crippen LogP contribution in [0, 0.1) is 12.7 Å². The van der Waals surface area contributed by atoms with Crippen molar-refractivity contribution in [2.24, 2.45) is 0 Å². The van der Waals surface area contributed by atoms with E-state index in [9.17, 15) is 14.0 Å². The summed E-state index contributed by atoms with van der Waals surface area (Å²) in [5, 5.41) is 2.76. The molecule has 1 heterocycles. The second-order valence-electron chi connectivity index (χ2n) is 6.03. The summed E-state index contributed by atoms with van der Waals surface area (Å²) in [6, 6.07) is 13.3. The number of carbonyl (C=O) groups excluding carboxylic acids is 2. The molecule has 1 aliphatic heterocycles. The van der Waals surface area contributed by atoms with Gasteiger partial charge in [0.2, 0.25) is 5.91 Å². The summed E-state index contributed by atoms with van der Waals surface area (Å²) in [5.74, 6) is -0.908. The molecule has 6 heteroatoms. The summed E-state index contributed by atoms with van der Waals surface area (Å²) in [7, 11) is 0. The number of hydrogen-bond acceptors (Lipinski definition) is 3. The molecule has 1 saturated heterocycles. The van der Waals surface area contributed by atoms with E-state index >= 15 is 0 Å². The fourth-order valence-electron chi connectivity index (χ4n) is 2.75. The van der Waals surface area contributed by atoms with Gasteiger partial charge in [-0.15, -0.1) is 0 Å². The summed E-state index contributed by atoms with van der Waals surface area (Å²) in [6.45, 7) is 2.09. The van der Waals surface area contributed by atoms with Gasteiger partial charge in [0.15, 0.2) is 18.2 Å². The molecule has 1 fully saturated rings. The molecule has 0 spiro atoms. The van der Waals surface area contributed by atoms with Gasteiger partial charge in [-0.3, -0.25) is 9.59 Å². The molecule has 0 aliphatic carbocycles. The number of amides is 2. The summed E-state index contributed by atoms with van der Waals surface area (Å²) < 4.78 is 18.6. The number of hydrogen-bond donors (Lipinski definition) is 1. The van der Waals surface area contributed by atoms with E-state index in [0.717, 1.165) is 11.3 Å². The number of nitrogens with one attached hydrogen (secondary N) is 1. The molecule has 1 aliphatic rings. The third-order valence-corrected chi connectivity index (χ3v) is 4.03. The average molecular weight is 342 g/mol. The fraction of sp³-hybridized carbons (Fsp3) is 0.263. The molecule has 5 nitrogen and oxygen atoms in total. The molecule has 2 aromatic carbocycles. The van der Waals surface area contributed by atoms with Gasteiger partial charge in [0.25, 0.3) is 5.91 Å². The third-order valence-electron chi connectivity index (χ3n) is 4.03. The summed E-state index contributed by atoms with van der Waals surface area (Å²) >= 11 is 0. The minimum Gasteiger partial charge on any atom is -0.481 e. The second kappa shape index (κ2) is 7.34. The Bertz CT molecular complexity index is 776. The molecule has 0 bridgehead atoms. The molecule has 2 aromatic rings. The number of nitrogens with zero attached hydrogens (tertiary/aromatic N) is 1. The first-order valence-corrected chi connectivity index (χ1v) is 8.06. The van der Waals surface area contributed by atoms with Crippen molar-refractivity contribution in [3.63, 3.8) is 0 Å². The van der Waals surface area contributed by atoms with Crippen LogP contribution in [0.3, 0.4) is 0 Å². The Morgan fingerprint density at radius 2 is 1.96 bits per heavy atom. The Morgan fingerprint density at radius 3 is 2.68 bits per heavy atom. The monoisotopic (exact) mass is 342 g/mol. The van der Waals surface area contributed by atoms with Crippen LogP contribution in [0.1, 0.15) is 12.0 Å². The molecule has 130 valence electrons. The van der Waals surface area contributed by atoms with Crippen LogP contribution in [0.2, 0.25) is 0 Å². The minimum absolute atomic E-state index is 0.0291. The highest BCUT2D eigenvalue weighted by molar-refractivity contribution is 5.96. The molecule has 3 rings (SSSR count). The van der Waals surface area contributed by atoms with Crippen LogP contribution in [0.25, 0.3) is 0 Å². The number of aryl methyl sites for hydroxylation is 1. The van der Waals surface area contributed by atoms with Crippen LogP contribution in [-0.4, -0.2) is 31.0 Å². The van der Waals surface area contributed by atoms with Gasteiger partial charge in [-0.2, -0.15) is 0 Å². The Hall–Kier alpha value is -2.89. The van der Waals surface area contributed by atoms with Crippen LogP contribution in [0.5, 0.6) is 5.75 Å². The Labute approximate surface area is 145 Å². The van der Waals surface area contributed by atoms with Crippen LogP contribution < -0.4 is 15.0 Å². The number of anilines is 1. The summed E-state index contributed by atoms with van der Waals surface area (Å²) in [6.07, 6.45) is 0.235. The van der Waals surface area contributed by atoms with E-state index in [2.05, 4.69) is 5.32 Å². The molecular formula is C19H19FN2O3. The van der Waals surface area contributed by atoms with Gasteiger partial charge < -0.3 is 15.0 Å².